The molecule has 2 aliphatic rings. The van der Waals surface area contributed by atoms with E-state index in [0.29, 0.717) is 0 Å². The standard InChI is InChI=1S/C13H24/c1-3-7-11(4-2)12-10-13(12)8-5-6-9-13/h11-12H,3-10H2,1-2H3. The van der Waals surface area contributed by atoms with E-state index in [-0.39, 0.29) is 0 Å². The van der Waals surface area contributed by atoms with Gasteiger partial charge in [0.1, 0.15) is 0 Å². The predicted octanol–water partition coefficient (Wildman–Crippen LogP) is 4.39. The van der Waals surface area contributed by atoms with E-state index < -0.39 is 0 Å². The van der Waals surface area contributed by atoms with E-state index in [2.05, 4.69) is 13.8 Å². The van der Waals surface area contributed by atoms with Crippen LogP contribution in [0.5, 0.6) is 0 Å². The van der Waals surface area contributed by atoms with Gasteiger partial charge in [0.25, 0.3) is 0 Å². The summed E-state index contributed by atoms with van der Waals surface area (Å²) in [4.78, 5) is 0. The highest BCUT2D eigenvalue weighted by Crippen LogP contribution is 2.66. The topological polar surface area (TPSA) is 0 Å². The van der Waals surface area contributed by atoms with Crippen LogP contribution in [0.1, 0.15) is 65.2 Å². The fourth-order valence-electron chi connectivity index (χ4n) is 3.76. The van der Waals surface area contributed by atoms with E-state index in [0.717, 1.165) is 17.3 Å². The summed E-state index contributed by atoms with van der Waals surface area (Å²) in [7, 11) is 0. The molecule has 0 heterocycles. The first-order valence-electron chi connectivity index (χ1n) is 6.32. The third kappa shape index (κ3) is 1.65. The molecule has 13 heavy (non-hydrogen) atoms. The molecule has 2 saturated carbocycles. The van der Waals surface area contributed by atoms with Crippen LogP contribution in [-0.2, 0) is 0 Å². The number of rotatable bonds is 4. The van der Waals surface area contributed by atoms with Crippen LogP contribution in [0.2, 0.25) is 0 Å². The Morgan fingerprint density at radius 1 is 1.23 bits per heavy atom. The van der Waals surface area contributed by atoms with Crippen LogP contribution >= 0.6 is 0 Å². The molecule has 76 valence electrons. The Bertz CT molecular complexity index is 165. The van der Waals surface area contributed by atoms with Crippen LogP contribution in [0.3, 0.4) is 0 Å². The van der Waals surface area contributed by atoms with Crippen molar-refractivity contribution in [1.82, 2.24) is 0 Å². The van der Waals surface area contributed by atoms with E-state index in [9.17, 15) is 0 Å². The average molecular weight is 180 g/mol. The van der Waals surface area contributed by atoms with Gasteiger partial charge in [-0.25, -0.2) is 0 Å². The van der Waals surface area contributed by atoms with E-state index in [1.54, 1.807) is 19.3 Å². The van der Waals surface area contributed by atoms with Crippen LogP contribution in [0.15, 0.2) is 0 Å². The van der Waals surface area contributed by atoms with Gasteiger partial charge < -0.3 is 0 Å². The van der Waals surface area contributed by atoms with Crippen molar-refractivity contribution in [3.63, 3.8) is 0 Å². The predicted molar refractivity (Wildman–Crippen MR) is 57.7 cm³/mol. The van der Waals surface area contributed by atoms with Crippen molar-refractivity contribution in [2.75, 3.05) is 0 Å². The van der Waals surface area contributed by atoms with Crippen molar-refractivity contribution < 1.29 is 0 Å². The molecular weight excluding hydrogens is 156 g/mol. The van der Waals surface area contributed by atoms with Crippen molar-refractivity contribution in [3.05, 3.63) is 0 Å². The van der Waals surface area contributed by atoms with Crippen LogP contribution in [0.25, 0.3) is 0 Å². The van der Waals surface area contributed by atoms with Crippen LogP contribution < -0.4 is 0 Å². The summed E-state index contributed by atoms with van der Waals surface area (Å²) >= 11 is 0. The molecule has 0 bridgehead atoms. The van der Waals surface area contributed by atoms with Crippen molar-refractivity contribution in [1.29, 1.82) is 0 Å². The zero-order valence-electron chi connectivity index (χ0n) is 9.31. The smallest absolute Gasteiger partial charge is 0.0263 e. The summed E-state index contributed by atoms with van der Waals surface area (Å²) in [6, 6.07) is 0. The lowest BCUT2D eigenvalue weighted by atomic mass is 9.88. The lowest BCUT2D eigenvalue weighted by Crippen LogP contribution is -2.07. The fraction of sp³-hybridized carbons (Fsp3) is 1.00. The summed E-state index contributed by atoms with van der Waals surface area (Å²) < 4.78 is 0. The molecule has 2 rings (SSSR count). The Hall–Kier alpha value is 0. The molecule has 0 amide bonds. The summed E-state index contributed by atoms with van der Waals surface area (Å²) in [5.74, 6) is 2.21. The first-order valence-corrected chi connectivity index (χ1v) is 6.32. The zero-order chi connectivity index (χ0) is 9.31. The molecule has 0 radical (unpaired) electrons. The summed E-state index contributed by atoms with van der Waals surface area (Å²) in [5.41, 5.74) is 0.885. The molecule has 2 fully saturated rings. The van der Waals surface area contributed by atoms with E-state index in [4.69, 9.17) is 0 Å². The van der Waals surface area contributed by atoms with Gasteiger partial charge in [0.05, 0.1) is 0 Å². The van der Waals surface area contributed by atoms with E-state index in [1.807, 2.05) is 0 Å². The van der Waals surface area contributed by atoms with Crippen LogP contribution in [-0.4, -0.2) is 0 Å². The molecule has 0 heteroatoms. The molecule has 2 aliphatic carbocycles. The third-order valence-corrected chi connectivity index (χ3v) is 4.61. The molecule has 1 spiro atoms. The van der Waals surface area contributed by atoms with Gasteiger partial charge in [-0.2, -0.15) is 0 Å². The molecule has 2 unspecified atom stereocenters. The molecule has 0 nitrogen and oxygen atoms in total. The molecule has 0 aromatic heterocycles. The minimum atomic E-state index is 0.885. The first-order chi connectivity index (χ1) is 6.32. The van der Waals surface area contributed by atoms with Gasteiger partial charge in [0.2, 0.25) is 0 Å². The number of hydrogen-bond donors (Lipinski definition) is 0. The van der Waals surface area contributed by atoms with Crippen molar-refractivity contribution in [2.24, 2.45) is 17.3 Å². The average Bonchev–Trinajstić information content (AvgIpc) is 2.58. The van der Waals surface area contributed by atoms with Gasteiger partial charge in [-0.1, -0.05) is 46.0 Å². The highest BCUT2D eigenvalue weighted by Gasteiger charge is 2.56. The SMILES string of the molecule is CCCC(CC)C1CC12CCCC2. The van der Waals surface area contributed by atoms with Crippen molar-refractivity contribution >= 4 is 0 Å². The molecular formula is C13H24. The number of hydrogen-bond acceptors (Lipinski definition) is 0. The van der Waals surface area contributed by atoms with E-state index in [1.165, 1.54) is 32.1 Å². The molecule has 0 aromatic rings. The minimum absolute atomic E-state index is 0.885. The van der Waals surface area contributed by atoms with Gasteiger partial charge in [-0.05, 0) is 36.5 Å². The maximum Gasteiger partial charge on any atom is -0.0263 e. The zero-order valence-corrected chi connectivity index (χ0v) is 9.31. The second-order valence-electron chi connectivity index (χ2n) is 5.34. The fourth-order valence-corrected chi connectivity index (χ4v) is 3.76. The third-order valence-electron chi connectivity index (χ3n) is 4.61. The lowest BCUT2D eigenvalue weighted by Gasteiger charge is -2.17. The highest BCUT2D eigenvalue weighted by molar-refractivity contribution is 5.06. The Morgan fingerprint density at radius 3 is 2.46 bits per heavy atom. The summed E-state index contributed by atoms with van der Waals surface area (Å²) in [5, 5.41) is 0. The first kappa shape index (κ1) is 9.55. The molecule has 2 atom stereocenters. The Balaban J connectivity index is 1.88. The summed E-state index contributed by atoms with van der Waals surface area (Å²) in [6.45, 7) is 4.73. The monoisotopic (exact) mass is 180 g/mol. The molecule has 0 N–H and O–H groups in total. The van der Waals surface area contributed by atoms with Gasteiger partial charge in [0.15, 0.2) is 0 Å². The van der Waals surface area contributed by atoms with Gasteiger partial charge in [-0.15, -0.1) is 0 Å². The second-order valence-corrected chi connectivity index (χ2v) is 5.34. The highest BCUT2D eigenvalue weighted by atomic mass is 14.6. The normalized spacial score (nSPS) is 32.3. The Morgan fingerprint density at radius 2 is 1.92 bits per heavy atom. The Kier molecular flexibility index (Phi) is 2.67. The molecule has 0 saturated heterocycles. The maximum atomic E-state index is 2.39. The summed E-state index contributed by atoms with van der Waals surface area (Å²) in [6.07, 6.45) is 12.1. The van der Waals surface area contributed by atoms with Crippen molar-refractivity contribution in [2.45, 2.75) is 65.2 Å². The molecule has 0 aliphatic heterocycles. The van der Waals surface area contributed by atoms with E-state index >= 15 is 0 Å². The van der Waals surface area contributed by atoms with Crippen LogP contribution in [0.4, 0.5) is 0 Å². The van der Waals surface area contributed by atoms with Gasteiger partial charge in [-0.3, -0.25) is 0 Å². The van der Waals surface area contributed by atoms with Gasteiger partial charge >= 0.3 is 0 Å². The Labute approximate surface area is 83.1 Å². The largest absolute Gasteiger partial charge is 0.0654 e. The second kappa shape index (κ2) is 3.63. The van der Waals surface area contributed by atoms with Gasteiger partial charge in [0, 0.05) is 0 Å². The van der Waals surface area contributed by atoms with Crippen LogP contribution in [0, 0.1) is 17.3 Å². The quantitative estimate of drug-likeness (QED) is 0.602. The molecule has 0 aromatic carbocycles. The lowest BCUT2D eigenvalue weighted by molar-refractivity contribution is 0.332. The minimum Gasteiger partial charge on any atom is -0.0654 e. The maximum absolute atomic E-state index is 2.39. The van der Waals surface area contributed by atoms with Crippen molar-refractivity contribution in [3.8, 4) is 0 Å².